The number of anilines is 1. The summed E-state index contributed by atoms with van der Waals surface area (Å²) in [6.45, 7) is 5.03. The highest BCUT2D eigenvalue weighted by molar-refractivity contribution is 5.45. The summed E-state index contributed by atoms with van der Waals surface area (Å²) in [6.07, 6.45) is 4.36. The first-order valence-corrected chi connectivity index (χ1v) is 7.18. The largest absolute Gasteiger partial charge is 0.357 e. The molecule has 1 heterocycles. The zero-order valence-electron chi connectivity index (χ0n) is 12.4. The molecule has 0 atom stereocenters. The van der Waals surface area contributed by atoms with Crippen LogP contribution in [0.15, 0.2) is 36.5 Å². The number of benzene rings is 1. The molecule has 1 aromatic heterocycles. The van der Waals surface area contributed by atoms with Crippen LogP contribution in [0, 0.1) is 13.8 Å². The Hall–Kier alpha value is -1.90. The van der Waals surface area contributed by atoms with Crippen molar-refractivity contribution in [3.05, 3.63) is 53.5 Å². The normalized spacial score (nSPS) is 15.9. The molecular weight excluding hydrogens is 246 g/mol. The molecule has 0 spiro atoms. The van der Waals surface area contributed by atoms with Crippen molar-refractivity contribution in [3.8, 4) is 0 Å². The second kappa shape index (κ2) is 4.89. The first kappa shape index (κ1) is 13.1. The molecule has 0 radical (unpaired) electrons. The molecule has 1 fully saturated rings. The molecule has 0 unspecified atom stereocenters. The molecule has 0 aliphatic heterocycles. The number of hydrogen-bond donors (Lipinski definition) is 0. The summed E-state index contributed by atoms with van der Waals surface area (Å²) in [5.41, 5.74) is 3.74. The molecule has 1 saturated carbocycles. The molecule has 0 saturated heterocycles. The van der Waals surface area contributed by atoms with Crippen molar-refractivity contribution >= 4 is 5.82 Å². The number of hydrogen-bond acceptors (Lipinski definition) is 3. The third-order valence-electron chi connectivity index (χ3n) is 4.19. The third-order valence-corrected chi connectivity index (χ3v) is 4.19. The molecule has 3 heteroatoms. The van der Waals surface area contributed by atoms with Crippen LogP contribution in [0.5, 0.6) is 0 Å². The minimum absolute atomic E-state index is 0.313. The van der Waals surface area contributed by atoms with E-state index in [1.54, 1.807) is 0 Å². The lowest BCUT2D eigenvalue weighted by Gasteiger charge is -2.26. The van der Waals surface area contributed by atoms with E-state index in [0.29, 0.717) is 5.41 Å². The van der Waals surface area contributed by atoms with Crippen molar-refractivity contribution in [2.24, 2.45) is 0 Å². The highest BCUT2D eigenvalue weighted by Crippen LogP contribution is 2.48. The molecule has 3 rings (SSSR count). The average Bonchev–Trinajstić information content (AvgIpc) is 3.23. The maximum absolute atomic E-state index is 4.64. The van der Waals surface area contributed by atoms with Crippen molar-refractivity contribution in [1.29, 1.82) is 0 Å². The summed E-state index contributed by atoms with van der Waals surface area (Å²) >= 11 is 0. The fourth-order valence-electron chi connectivity index (χ4n) is 2.90. The maximum atomic E-state index is 4.64. The Morgan fingerprint density at radius 3 is 2.50 bits per heavy atom. The zero-order valence-corrected chi connectivity index (χ0v) is 12.4. The van der Waals surface area contributed by atoms with Crippen LogP contribution in [0.2, 0.25) is 0 Å². The highest BCUT2D eigenvalue weighted by atomic mass is 15.2. The van der Waals surface area contributed by atoms with E-state index < -0.39 is 0 Å². The van der Waals surface area contributed by atoms with E-state index in [-0.39, 0.29) is 0 Å². The zero-order chi connectivity index (χ0) is 14.2. The van der Waals surface area contributed by atoms with Gasteiger partial charge in [0.25, 0.3) is 0 Å². The van der Waals surface area contributed by atoms with Gasteiger partial charge in [0.15, 0.2) is 0 Å². The van der Waals surface area contributed by atoms with Crippen molar-refractivity contribution in [2.75, 3.05) is 18.5 Å². The molecule has 0 N–H and O–H groups in total. The second-order valence-electron chi connectivity index (χ2n) is 5.92. The summed E-state index contributed by atoms with van der Waals surface area (Å²) in [7, 11) is 2.12. The van der Waals surface area contributed by atoms with Gasteiger partial charge in [-0.15, -0.1) is 0 Å². The van der Waals surface area contributed by atoms with Crippen molar-refractivity contribution in [3.63, 3.8) is 0 Å². The summed E-state index contributed by atoms with van der Waals surface area (Å²) < 4.78 is 0. The maximum Gasteiger partial charge on any atom is 0.150 e. The third kappa shape index (κ3) is 2.40. The number of aryl methyl sites for hydroxylation is 2. The van der Waals surface area contributed by atoms with E-state index in [1.807, 2.05) is 20.0 Å². The van der Waals surface area contributed by atoms with Crippen molar-refractivity contribution in [1.82, 2.24) is 9.97 Å². The van der Waals surface area contributed by atoms with Crippen LogP contribution in [-0.2, 0) is 5.41 Å². The Bertz CT molecular complexity index is 603. The van der Waals surface area contributed by atoms with Gasteiger partial charge < -0.3 is 4.90 Å². The lowest BCUT2D eigenvalue weighted by atomic mass is 9.95. The van der Waals surface area contributed by atoms with Gasteiger partial charge in [0, 0.05) is 25.2 Å². The Balaban J connectivity index is 1.83. The van der Waals surface area contributed by atoms with E-state index in [4.69, 9.17) is 0 Å². The Labute approximate surface area is 120 Å². The lowest BCUT2D eigenvalue weighted by molar-refractivity contribution is 0.665. The average molecular weight is 267 g/mol. The topological polar surface area (TPSA) is 29.0 Å². The Morgan fingerprint density at radius 2 is 1.85 bits per heavy atom. The van der Waals surface area contributed by atoms with Gasteiger partial charge in [-0.25, -0.2) is 4.98 Å². The highest BCUT2D eigenvalue weighted by Gasteiger charge is 2.45. The van der Waals surface area contributed by atoms with Crippen LogP contribution in [0.3, 0.4) is 0 Å². The predicted molar refractivity (Wildman–Crippen MR) is 82.1 cm³/mol. The number of aromatic nitrogens is 2. The minimum atomic E-state index is 0.313. The van der Waals surface area contributed by atoms with Crippen LogP contribution in [-0.4, -0.2) is 23.6 Å². The van der Waals surface area contributed by atoms with E-state index in [2.05, 4.69) is 52.2 Å². The predicted octanol–water partition coefficient (Wildman–Crippen LogP) is 3.26. The first-order valence-electron chi connectivity index (χ1n) is 7.18. The molecule has 0 bridgehead atoms. The van der Waals surface area contributed by atoms with Gasteiger partial charge in [-0.2, -0.15) is 0 Å². The van der Waals surface area contributed by atoms with Gasteiger partial charge in [0.1, 0.15) is 5.82 Å². The van der Waals surface area contributed by atoms with E-state index >= 15 is 0 Å². The van der Waals surface area contributed by atoms with E-state index in [9.17, 15) is 0 Å². The SMILES string of the molecule is Cc1cnc(C)c(N(C)CC2(c3ccccc3)CC2)n1. The molecule has 2 aromatic rings. The molecule has 1 aliphatic carbocycles. The molecular formula is C17H21N3. The van der Waals surface area contributed by atoms with Crippen LogP contribution in [0.4, 0.5) is 5.82 Å². The van der Waals surface area contributed by atoms with E-state index in [1.165, 1.54) is 18.4 Å². The number of likely N-dealkylation sites (N-methyl/N-ethyl adjacent to an activating group) is 1. The van der Waals surface area contributed by atoms with Crippen LogP contribution >= 0.6 is 0 Å². The molecule has 3 nitrogen and oxygen atoms in total. The van der Waals surface area contributed by atoms with Crippen LogP contribution in [0.25, 0.3) is 0 Å². The van der Waals surface area contributed by atoms with Crippen LogP contribution < -0.4 is 4.90 Å². The first-order chi connectivity index (χ1) is 9.61. The molecule has 1 aliphatic rings. The fourth-order valence-corrected chi connectivity index (χ4v) is 2.90. The van der Waals surface area contributed by atoms with E-state index in [0.717, 1.165) is 23.8 Å². The van der Waals surface area contributed by atoms with Gasteiger partial charge in [0.05, 0.1) is 11.4 Å². The van der Waals surface area contributed by atoms with Gasteiger partial charge >= 0.3 is 0 Å². The molecule has 20 heavy (non-hydrogen) atoms. The summed E-state index contributed by atoms with van der Waals surface area (Å²) in [5, 5.41) is 0. The molecule has 0 amide bonds. The van der Waals surface area contributed by atoms with Gasteiger partial charge in [-0.1, -0.05) is 30.3 Å². The standard InChI is InChI=1S/C17H21N3/c1-13-11-18-14(2)16(19-13)20(3)12-17(9-10-17)15-7-5-4-6-8-15/h4-8,11H,9-10,12H2,1-3H3. The summed E-state index contributed by atoms with van der Waals surface area (Å²) in [5.74, 6) is 1.01. The monoisotopic (exact) mass is 267 g/mol. The number of rotatable bonds is 4. The number of nitrogens with zero attached hydrogens (tertiary/aromatic N) is 3. The van der Waals surface area contributed by atoms with Gasteiger partial charge in [-0.3, -0.25) is 4.98 Å². The van der Waals surface area contributed by atoms with Crippen molar-refractivity contribution < 1.29 is 0 Å². The Morgan fingerprint density at radius 1 is 1.15 bits per heavy atom. The smallest absolute Gasteiger partial charge is 0.150 e. The van der Waals surface area contributed by atoms with Gasteiger partial charge in [-0.05, 0) is 32.3 Å². The van der Waals surface area contributed by atoms with Crippen molar-refractivity contribution in [2.45, 2.75) is 32.1 Å². The second-order valence-corrected chi connectivity index (χ2v) is 5.92. The molecule has 1 aromatic carbocycles. The molecule has 104 valence electrons. The lowest BCUT2D eigenvalue weighted by Crippen LogP contribution is -2.30. The minimum Gasteiger partial charge on any atom is -0.357 e. The van der Waals surface area contributed by atoms with Gasteiger partial charge in [0.2, 0.25) is 0 Å². The summed E-state index contributed by atoms with van der Waals surface area (Å²) in [4.78, 5) is 11.3. The van der Waals surface area contributed by atoms with Crippen LogP contribution in [0.1, 0.15) is 29.8 Å². The quantitative estimate of drug-likeness (QED) is 0.851. The summed E-state index contributed by atoms with van der Waals surface area (Å²) in [6, 6.07) is 10.8. The Kier molecular flexibility index (Phi) is 3.20. The fraction of sp³-hybridized carbons (Fsp3) is 0.412.